The molecule has 0 heterocycles. The van der Waals surface area contributed by atoms with Crippen LogP contribution in [-0.2, 0) is 0 Å². The summed E-state index contributed by atoms with van der Waals surface area (Å²) in [6.45, 7) is 7.52. The first-order valence-electron chi connectivity index (χ1n) is 6.10. The normalized spacial score (nSPS) is 13.1. The fourth-order valence-electron chi connectivity index (χ4n) is 1.74. The van der Waals surface area contributed by atoms with Crippen molar-refractivity contribution >= 4 is 11.8 Å². The van der Waals surface area contributed by atoms with Gasteiger partial charge in [0.15, 0.2) is 0 Å². The molecule has 1 unspecified atom stereocenters. The van der Waals surface area contributed by atoms with Gasteiger partial charge in [0, 0.05) is 10.1 Å². The molecule has 1 rings (SSSR count). The van der Waals surface area contributed by atoms with Crippen LogP contribution in [0.4, 0.5) is 0 Å². The SMILES string of the molecule is CC(C)Sc1ccc(C(C)CCCN)cc1. The second-order valence-electron chi connectivity index (χ2n) is 4.57. The molecule has 0 saturated carbocycles. The van der Waals surface area contributed by atoms with Gasteiger partial charge in [-0.3, -0.25) is 0 Å². The number of hydrogen-bond acceptors (Lipinski definition) is 2. The highest BCUT2D eigenvalue weighted by Crippen LogP contribution is 2.26. The van der Waals surface area contributed by atoms with E-state index in [9.17, 15) is 0 Å². The van der Waals surface area contributed by atoms with Crippen LogP contribution < -0.4 is 5.73 Å². The van der Waals surface area contributed by atoms with Gasteiger partial charge in [0.2, 0.25) is 0 Å². The molecule has 0 fully saturated rings. The third kappa shape index (κ3) is 4.58. The van der Waals surface area contributed by atoms with Crippen molar-refractivity contribution in [1.29, 1.82) is 0 Å². The maximum atomic E-state index is 5.53. The van der Waals surface area contributed by atoms with E-state index in [4.69, 9.17) is 5.73 Å². The standard InChI is InChI=1S/C14H23NS/c1-11(2)16-14-8-6-13(7-9-14)12(3)5-4-10-15/h6-9,11-12H,4-5,10,15H2,1-3H3. The zero-order valence-corrected chi connectivity index (χ0v) is 11.4. The molecule has 2 N–H and O–H groups in total. The lowest BCUT2D eigenvalue weighted by Gasteiger charge is -2.12. The van der Waals surface area contributed by atoms with Crippen molar-refractivity contribution in [3.8, 4) is 0 Å². The molecule has 0 aliphatic rings. The first kappa shape index (κ1) is 13.6. The summed E-state index contributed by atoms with van der Waals surface area (Å²) in [4.78, 5) is 1.37. The summed E-state index contributed by atoms with van der Waals surface area (Å²) >= 11 is 1.92. The van der Waals surface area contributed by atoms with Gasteiger partial charge in [-0.05, 0) is 43.0 Å². The summed E-state index contributed by atoms with van der Waals surface area (Å²) < 4.78 is 0. The van der Waals surface area contributed by atoms with Gasteiger partial charge in [0.25, 0.3) is 0 Å². The molecule has 0 amide bonds. The Hall–Kier alpha value is -0.470. The number of thioether (sulfide) groups is 1. The third-order valence-corrected chi connectivity index (χ3v) is 3.68. The van der Waals surface area contributed by atoms with Crippen molar-refractivity contribution in [3.05, 3.63) is 29.8 Å². The van der Waals surface area contributed by atoms with E-state index in [2.05, 4.69) is 45.0 Å². The van der Waals surface area contributed by atoms with Crippen molar-refractivity contribution in [2.75, 3.05) is 6.54 Å². The maximum absolute atomic E-state index is 5.53. The van der Waals surface area contributed by atoms with Crippen molar-refractivity contribution in [3.63, 3.8) is 0 Å². The lowest BCUT2D eigenvalue weighted by atomic mass is 9.96. The van der Waals surface area contributed by atoms with Gasteiger partial charge in [-0.1, -0.05) is 32.9 Å². The molecular formula is C14H23NS. The molecular weight excluding hydrogens is 214 g/mol. The first-order chi connectivity index (χ1) is 7.63. The lowest BCUT2D eigenvalue weighted by molar-refractivity contribution is 0.640. The molecule has 1 nitrogen and oxygen atoms in total. The molecule has 0 aliphatic carbocycles. The summed E-state index contributed by atoms with van der Waals surface area (Å²) in [5, 5.41) is 0.653. The minimum absolute atomic E-state index is 0.627. The zero-order valence-electron chi connectivity index (χ0n) is 10.6. The number of nitrogens with two attached hydrogens (primary N) is 1. The Balaban J connectivity index is 2.56. The number of hydrogen-bond donors (Lipinski definition) is 1. The zero-order chi connectivity index (χ0) is 12.0. The Kier molecular flexibility index (Phi) is 5.93. The van der Waals surface area contributed by atoms with Gasteiger partial charge < -0.3 is 5.73 Å². The highest BCUT2D eigenvalue weighted by molar-refractivity contribution is 7.99. The Bertz CT molecular complexity index is 292. The van der Waals surface area contributed by atoms with Crippen molar-refractivity contribution < 1.29 is 0 Å². The highest BCUT2D eigenvalue weighted by atomic mass is 32.2. The Morgan fingerprint density at radius 1 is 1.12 bits per heavy atom. The van der Waals surface area contributed by atoms with Crippen LogP contribution in [0.2, 0.25) is 0 Å². The smallest absolute Gasteiger partial charge is 0.00747 e. The van der Waals surface area contributed by atoms with E-state index >= 15 is 0 Å². The van der Waals surface area contributed by atoms with E-state index in [1.807, 2.05) is 11.8 Å². The van der Waals surface area contributed by atoms with Crippen LogP contribution in [0, 0.1) is 0 Å². The van der Waals surface area contributed by atoms with E-state index < -0.39 is 0 Å². The van der Waals surface area contributed by atoms with Gasteiger partial charge in [-0.25, -0.2) is 0 Å². The summed E-state index contributed by atoms with van der Waals surface area (Å²) in [5.41, 5.74) is 6.96. The third-order valence-electron chi connectivity index (χ3n) is 2.66. The largest absolute Gasteiger partial charge is 0.330 e. The Morgan fingerprint density at radius 3 is 2.25 bits per heavy atom. The van der Waals surface area contributed by atoms with Crippen LogP contribution in [-0.4, -0.2) is 11.8 Å². The first-order valence-corrected chi connectivity index (χ1v) is 6.98. The van der Waals surface area contributed by atoms with Crippen LogP contribution >= 0.6 is 11.8 Å². The molecule has 0 spiro atoms. The minimum Gasteiger partial charge on any atom is -0.330 e. The van der Waals surface area contributed by atoms with Crippen LogP contribution in [0.1, 0.15) is 45.1 Å². The summed E-state index contributed by atoms with van der Waals surface area (Å²) in [7, 11) is 0. The van der Waals surface area contributed by atoms with Crippen molar-refractivity contribution in [1.82, 2.24) is 0 Å². The Labute approximate surface area is 104 Å². The second-order valence-corrected chi connectivity index (χ2v) is 6.22. The second kappa shape index (κ2) is 6.97. The van der Waals surface area contributed by atoms with Gasteiger partial charge >= 0.3 is 0 Å². The van der Waals surface area contributed by atoms with Crippen molar-refractivity contribution in [2.24, 2.45) is 5.73 Å². The molecule has 0 radical (unpaired) electrons. The van der Waals surface area contributed by atoms with E-state index in [0.717, 1.165) is 13.0 Å². The summed E-state index contributed by atoms with van der Waals surface area (Å²) in [6.07, 6.45) is 2.30. The molecule has 0 aliphatic heterocycles. The van der Waals surface area contributed by atoms with Crippen LogP contribution in [0.15, 0.2) is 29.2 Å². The summed E-state index contributed by atoms with van der Waals surface area (Å²) in [5.74, 6) is 0.627. The lowest BCUT2D eigenvalue weighted by Crippen LogP contribution is -2.01. The van der Waals surface area contributed by atoms with Crippen LogP contribution in [0.5, 0.6) is 0 Å². The molecule has 90 valence electrons. The average Bonchev–Trinajstić information content (AvgIpc) is 2.26. The predicted octanol–water partition coefficient (Wildman–Crippen LogP) is 4.03. The fraction of sp³-hybridized carbons (Fsp3) is 0.571. The molecule has 1 atom stereocenters. The topological polar surface area (TPSA) is 26.0 Å². The molecule has 2 heteroatoms. The summed E-state index contributed by atoms with van der Waals surface area (Å²) in [6, 6.07) is 8.98. The minimum atomic E-state index is 0.627. The van der Waals surface area contributed by atoms with E-state index in [1.54, 1.807) is 0 Å². The molecule has 1 aromatic carbocycles. The number of benzene rings is 1. The monoisotopic (exact) mass is 237 g/mol. The molecule has 1 aromatic rings. The van der Waals surface area contributed by atoms with E-state index in [1.165, 1.54) is 16.9 Å². The van der Waals surface area contributed by atoms with Crippen LogP contribution in [0.25, 0.3) is 0 Å². The van der Waals surface area contributed by atoms with E-state index in [0.29, 0.717) is 11.2 Å². The van der Waals surface area contributed by atoms with Gasteiger partial charge in [-0.2, -0.15) is 0 Å². The number of rotatable bonds is 6. The quantitative estimate of drug-likeness (QED) is 0.756. The van der Waals surface area contributed by atoms with Gasteiger partial charge in [0.1, 0.15) is 0 Å². The van der Waals surface area contributed by atoms with Gasteiger partial charge in [-0.15, -0.1) is 11.8 Å². The predicted molar refractivity (Wildman–Crippen MR) is 74.1 cm³/mol. The van der Waals surface area contributed by atoms with Gasteiger partial charge in [0.05, 0.1) is 0 Å². The molecule has 0 bridgehead atoms. The molecule has 0 saturated heterocycles. The Morgan fingerprint density at radius 2 is 1.75 bits per heavy atom. The highest BCUT2D eigenvalue weighted by Gasteiger charge is 2.05. The molecule has 0 aromatic heterocycles. The molecule has 16 heavy (non-hydrogen) atoms. The fourth-order valence-corrected chi connectivity index (χ4v) is 2.58. The van der Waals surface area contributed by atoms with E-state index in [-0.39, 0.29) is 0 Å². The van der Waals surface area contributed by atoms with Crippen molar-refractivity contribution in [2.45, 2.75) is 49.7 Å². The maximum Gasteiger partial charge on any atom is 0.00747 e. The average molecular weight is 237 g/mol. The van der Waals surface area contributed by atoms with Crippen LogP contribution in [0.3, 0.4) is 0 Å².